The van der Waals surface area contributed by atoms with Gasteiger partial charge in [-0.15, -0.1) is 0 Å². The van der Waals surface area contributed by atoms with Crippen molar-refractivity contribution in [2.75, 3.05) is 12.8 Å². The van der Waals surface area contributed by atoms with Gasteiger partial charge >= 0.3 is 0 Å². The molecule has 1 heterocycles. The van der Waals surface area contributed by atoms with E-state index < -0.39 is 15.8 Å². The van der Waals surface area contributed by atoms with Crippen molar-refractivity contribution < 1.29 is 17.5 Å². The largest absolute Gasteiger partial charge is 0.495 e. The molecule has 0 aliphatic rings. The Morgan fingerprint density at radius 2 is 1.91 bits per heavy atom. The Kier molecular flexibility index (Phi) is 3.52. The first-order valence-electron chi connectivity index (χ1n) is 6.81. The first-order chi connectivity index (χ1) is 10.9. The SMILES string of the molecule is COc1cc(F)c(N)cc1S(=O)(=O)n1cc(C)c2ccccc21. The topological polar surface area (TPSA) is 74.3 Å². The highest BCUT2D eigenvalue weighted by Gasteiger charge is 2.25. The quantitative estimate of drug-likeness (QED) is 0.747. The smallest absolute Gasteiger partial charge is 0.271 e. The molecule has 0 bridgehead atoms. The van der Waals surface area contributed by atoms with Gasteiger partial charge in [-0.2, -0.15) is 0 Å². The summed E-state index contributed by atoms with van der Waals surface area (Å²) < 4.78 is 45.8. The number of rotatable bonds is 3. The van der Waals surface area contributed by atoms with Gasteiger partial charge in [0.25, 0.3) is 10.0 Å². The lowest BCUT2D eigenvalue weighted by atomic mass is 10.2. The molecule has 0 atom stereocenters. The Morgan fingerprint density at radius 3 is 2.61 bits per heavy atom. The van der Waals surface area contributed by atoms with Crippen LogP contribution in [0.15, 0.2) is 47.5 Å². The molecule has 0 fully saturated rings. The monoisotopic (exact) mass is 334 g/mol. The van der Waals surface area contributed by atoms with Gasteiger partial charge in [0.1, 0.15) is 16.5 Å². The zero-order valence-electron chi connectivity index (χ0n) is 12.6. The Hall–Kier alpha value is -2.54. The number of anilines is 1. The van der Waals surface area contributed by atoms with Crippen molar-refractivity contribution in [2.24, 2.45) is 0 Å². The summed E-state index contributed by atoms with van der Waals surface area (Å²) in [5.74, 6) is -0.818. The molecule has 0 unspecified atom stereocenters. The second-order valence-electron chi connectivity index (χ2n) is 5.15. The maximum Gasteiger partial charge on any atom is 0.271 e. The molecule has 1 aromatic heterocycles. The average molecular weight is 334 g/mol. The van der Waals surface area contributed by atoms with Gasteiger partial charge in [0.05, 0.1) is 18.3 Å². The van der Waals surface area contributed by atoms with Crippen LogP contribution in [0.5, 0.6) is 5.75 Å². The van der Waals surface area contributed by atoms with Gasteiger partial charge in [0.15, 0.2) is 0 Å². The number of nitrogen functional groups attached to an aromatic ring is 1. The number of aryl methyl sites for hydroxylation is 1. The van der Waals surface area contributed by atoms with Crippen molar-refractivity contribution in [3.8, 4) is 5.75 Å². The van der Waals surface area contributed by atoms with Crippen LogP contribution in [0.3, 0.4) is 0 Å². The zero-order chi connectivity index (χ0) is 16.8. The van der Waals surface area contributed by atoms with Gasteiger partial charge in [0, 0.05) is 17.6 Å². The van der Waals surface area contributed by atoms with Crippen LogP contribution in [0.4, 0.5) is 10.1 Å². The first-order valence-corrected chi connectivity index (χ1v) is 8.25. The minimum Gasteiger partial charge on any atom is -0.495 e. The van der Waals surface area contributed by atoms with Crippen molar-refractivity contribution >= 4 is 26.6 Å². The highest BCUT2D eigenvalue weighted by atomic mass is 32.2. The van der Waals surface area contributed by atoms with Gasteiger partial charge in [-0.3, -0.25) is 0 Å². The second kappa shape index (κ2) is 5.27. The first kappa shape index (κ1) is 15.4. The molecule has 2 aromatic carbocycles. The molecule has 0 spiro atoms. The van der Waals surface area contributed by atoms with Crippen LogP contribution in [0.1, 0.15) is 5.56 Å². The number of nitrogens with zero attached hydrogens (tertiary/aromatic N) is 1. The molecule has 0 saturated carbocycles. The van der Waals surface area contributed by atoms with Crippen LogP contribution in [-0.4, -0.2) is 19.5 Å². The lowest BCUT2D eigenvalue weighted by molar-refractivity contribution is 0.399. The van der Waals surface area contributed by atoms with Crippen LogP contribution in [0, 0.1) is 12.7 Å². The van der Waals surface area contributed by atoms with E-state index in [4.69, 9.17) is 10.5 Å². The molecule has 0 aliphatic heterocycles. The molecule has 7 heteroatoms. The van der Waals surface area contributed by atoms with E-state index in [0.29, 0.717) is 5.52 Å². The van der Waals surface area contributed by atoms with Crippen molar-refractivity contribution in [2.45, 2.75) is 11.8 Å². The summed E-state index contributed by atoms with van der Waals surface area (Å²) in [6, 6.07) is 9.19. The fourth-order valence-corrected chi connectivity index (χ4v) is 4.13. The molecular weight excluding hydrogens is 319 g/mol. The van der Waals surface area contributed by atoms with Crippen LogP contribution < -0.4 is 10.5 Å². The molecule has 0 saturated heterocycles. The molecule has 3 aromatic rings. The Labute approximate surface area is 133 Å². The van der Waals surface area contributed by atoms with Crippen molar-refractivity contribution in [1.82, 2.24) is 3.97 Å². The minimum atomic E-state index is -3.98. The third-order valence-electron chi connectivity index (χ3n) is 3.70. The van der Waals surface area contributed by atoms with Crippen molar-refractivity contribution in [3.63, 3.8) is 0 Å². The van der Waals surface area contributed by atoms with Crippen molar-refractivity contribution in [3.05, 3.63) is 54.0 Å². The average Bonchev–Trinajstić information content (AvgIpc) is 2.88. The van der Waals surface area contributed by atoms with Crippen LogP contribution in [0.25, 0.3) is 10.9 Å². The maximum atomic E-state index is 13.6. The summed E-state index contributed by atoms with van der Waals surface area (Å²) in [4.78, 5) is -0.181. The minimum absolute atomic E-state index is 0.0906. The number of hydrogen-bond donors (Lipinski definition) is 1. The number of benzene rings is 2. The van der Waals surface area contributed by atoms with Gasteiger partial charge in [-0.1, -0.05) is 18.2 Å². The number of nitrogens with two attached hydrogens (primary N) is 1. The van der Waals surface area contributed by atoms with E-state index in [0.717, 1.165) is 27.1 Å². The molecule has 0 aliphatic carbocycles. The van der Waals surface area contributed by atoms with E-state index in [1.54, 1.807) is 12.1 Å². The maximum absolute atomic E-state index is 13.6. The molecule has 3 rings (SSSR count). The van der Waals surface area contributed by atoms with Gasteiger partial charge in [-0.05, 0) is 24.6 Å². The predicted octanol–water partition coefficient (Wildman–Crippen LogP) is 2.92. The van der Waals surface area contributed by atoms with E-state index in [-0.39, 0.29) is 16.3 Å². The molecule has 2 N–H and O–H groups in total. The Morgan fingerprint density at radius 1 is 1.22 bits per heavy atom. The summed E-state index contributed by atoms with van der Waals surface area (Å²) in [6.45, 7) is 1.82. The summed E-state index contributed by atoms with van der Waals surface area (Å²) >= 11 is 0. The van der Waals surface area contributed by atoms with E-state index in [1.165, 1.54) is 13.3 Å². The Balaban J connectivity index is 2.33. The van der Waals surface area contributed by atoms with Gasteiger partial charge < -0.3 is 10.5 Å². The molecule has 5 nitrogen and oxygen atoms in total. The highest BCUT2D eigenvalue weighted by Crippen LogP contribution is 2.32. The lowest BCUT2D eigenvalue weighted by Crippen LogP contribution is -2.14. The molecule has 0 amide bonds. The molecule has 0 radical (unpaired) electrons. The number of fused-ring (bicyclic) bond motifs is 1. The molecular formula is C16H15FN2O3S. The number of halogens is 1. The van der Waals surface area contributed by atoms with Crippen molar-refractivity contribution in [1.29, 1.82) is 0 Å². The summed E-state index contributed by atoms with van der Waals surface area (Å²) in [7, 11) is -2.70. The van der Waals surface area contributed by atoms with E-state index in [1.807, 2.05) is 19.1 Å². The van der Waals surface area contributed by atoms with Crippen LogP contribution in [-0.2, 0) is 10.0 Å². The van der Waals surface area contributed by atoms with Gasteiger partial charge in [-0.25, -0.2) is 16.8 Å². The summed E-state index contributed by atoms with van der Waals surface area (Å²) in [6.07, 6.45) is 1.53. The normalized spacial score (nSPS) is 11.8. The van der Waals surface area contributed by atoms with Gasteiger partial charge in [0.2, 0.25) is 0 Å². The predicted molar refractivity (Wildman–Crippen MR) is 86.6 cm³/mol. The number of aromatic nitrogens is 1. The Bertz CT molecular complexity index is 1010. The fourth-order valence-electron chi connectivity index (χ4n) is 2.53. The number of para-hydroxylation sites is 1. The number of ether oxygens (including phenoxy) is 1. The zero-order valence-corrected chi connectivity index (χ0v) is 13.4. The molecule has 23 heavy (non-hydrogen) atoms. The summed E-state index contributed by atoms with van der Waals surface area (Å²) in [5, 5.41) is 0.824. The highest BCUT2D eigenvalue weighted by molar-refractivity contribution is 7.90. The third-order valence-corrected chi connectivity index (χ3v) is 5.39. The standard InChI is InChI=1S/C16H15FN2O3S/c1-10-9-19(14-6-4-3-5-11(10)14)23(20,21)16-8-13(18)12(17)7-15(16)22-2/h3-9H,18H2,1-2H3. The number of hydrogen-bond acceptors (Lipinski definition) is 4. The second-order valence-corrected chi connectivity index (χ2v) is 6.94. The van der Waals surface area contributed by atoms with Crippen LogP contribution >= 0.6 is 0 Å². The van der Waals surface area contributed by atoms with E-state index in [9.17, 15) is 12.8 Å². The van der Waals surface area contributed by atoms with E-state index >= 15 is 0 Å². The molecule has 120 valence electrons. The van der Waals surface area contributed by atoms with E-state index in [2.05, 4.69) is 0 Å². The fraction of sp³-hybridized carbons (Fsp3) is 0.125. The third kappa shape index (κ3) is 2.33. The summed E-state index contributed by atoms with van der Waals surface area (Å²) in [5.41, 5.74) is 6.64. The van der Waals surface area contributed by atoms with Crippen LogP contribution in [0.2, 0.25) is 0 Å². The lowest BCUT2D eigenvalue weighted by Gasteiger charge is -2.12. The number of methoxy groups -OCH3 is 1.